The number of H-pyrrole nitrogens is 1. The molecule has 0 aliphatic rings. The van der Waals surface area contributed by atoms with Crippen molar-refractivity contribution in [3.05, 3.63) is 47.3 Å². The van der Waals surface area contributed by atoms with Gasteiger partial charge in [0, 0.05) is 17.3 Å². The number of nitrogens with zero attached hydrogens (tertiary/aromatic N) is 2. The van der Waals surface area contributed by atoms with E-state index in [4.69, 9.17) is 0 Å². The molecule has 0 aliphatic carbocycles. The molecular weight excluding hydrogens is 250 g/mol. The highest BCUT2D eigenvalue weighted by molar-refractivity contribution is 5.97. The van der Waals surface area contributed by atoms with Gasteiger partial charge in [-0.05, 0) is 18.9 Å². The molecule has 1 aromatic carbocycles. The maximum atomic E-state index is 11.0. The number of nitrogens with one attached hydrogen (secondary N) is 1. The number of aromatic nitrogens is 3. The summed E-state index contributed by atoms with van der Waals surface area (Å²) in [4.78, 5) is 23.0. The Morgan fingerprint density at radius 2 is 1.95 bits per heavy atom. The summed E-state index contributed by atoms with van der Waals surface area (Å²) >= 11 is 0. The monoisotopic (exact) mass is 265 g/mol. The van der Waals surface area contributed by atoms with E-state index in [0.717, 1.165) is 29.4 Å². The van der Waals surface area contributed by atoms with Gasteiger partial charge >= 0.3 is 0 Å². The van der Waals surface area contributed by atoms with Crippen LogP contribution in [0.4, 0.5) is 0 Å². The number of aldehydes is 1. The Labute approximate surface area is 116 Å². The average molecular weight is 265 g/mol. The number of aryl methyl sites for hydroxylation is 2. The van der Waals surface area contributed by atoms with Gasteiger partial charge in [0.1, 0.15) is 5.65 Å². The van der Waals surface area contributed by atoms with Gasteiger partial charge in [0.15, 0.2) is 12.1 Å². The lowest BCUT2D eigenvalue weighted by atomic mass is 10.1. The van der Waals surface area contributed by atoms with Gasteiger partial charge in [0.2, 0.25) is 0 Å². The van der Waals surface area contributed by atoms with Gasteiger partial charge in [-0.2, -0.15) is 0 Å². The van der Waals surface area contributed by atoms with E-state index in [1.807, 2.05) is 19.1 Å². The molecule has 0 saturated carbocycles. The molecule has 100 valence electrons. The molecule has 3 aromatic rings. The molecule has 4 heteroatoms. The lowest BCUT2D eigenvalue weighted by Gasteiger charge is -2.04. The Morgan fingerprint density at radius 1 is 1.20 bits per heavy atom. The van der Waals surface area contributed by atoms with Crippen LogP contribution in [-0.4, -0.2) is 21.2 Å². The normalized spacial score (nSPS) is 10.9. The zero-order valence-corrected chi connectivity index (χ0v) is 11.5. The number of hydrogen-bond acceptors (Lipinski definition) is 3. The number of carbonyl (C=O) groups excluding carboxylic acids is 1. The van der Waals surface area contributed by atoms with Crippen LogP contribution >= 0.6 is 0 Å². The Bertz CT molecular complexity index is 772. The van der Waals surface area contributed by atoms with Gasteiger partial charge in [0.05, 0.1) is 11.1 Å². The van der Waals surface area contributed by atoms with E-state index in [9.17, 15) is 4.79 Å². The van der Waals surface area contributed by atoms with Gasteiger partial charge in [-0.3, -0.25) is 4.79 Å². The molecule has 20 heavy (non-hydrogen) atoms. The van der Waals surface area contributed by atoms with E-state index in [2.05, 4.69) is 34.0 Å². The van der Waals surface area contributed by atoms with Crippen LogP contribution in [0.1, 0.15) is 28.5 Å². The van der Waals surface area contributed by atoms with Gasteiger partial charge in [-0.25, -0.2) is 9.97 Å². The molecule has 2 aromatic heterocycles. The van der Waals surface area contributed by atoms with Crippen LogP contribution in [0.3, 0.4) is 0 Å². The maximum Gasteiger partial charge on any atom is 0.161 e. The summed E-state index contributed by atoms with van der Waals surface area (Å²) in [6.45, 7) is 4.02. The highest BCUT2D eigenvalue weighted by atomic mass is 16.1. The van der Waals surface area contributed by atoms with Crippen LogP contribution in [0.25, 0.3) is 22.4 Å². The van der Waals surface area contributed by atoms with Crippen molar-refractivity contribution in [1.29, 1.82) is 0 Å². The van der Waals surface area contributed by atoms with Crippen LogP contribution in [-0.2, 0) is 6.42 Å². The molecule has 0 amide bonds. The number of benzene rings is 1. The fraction of sp³-hybridized carbons (Fsp3) is 0.188. The average Bonchev–Trinajstić information content (AvgIpc) is 2.91. The highest BCUT2D eigenvalue weighted by Crippen LogP contribution is 2.23. The zero-order valence-electron chi connectivity index (χ0n) is 11.5. The third kappa shape index (κ3) is 1.99. The van der Waals surface area contributed by atoms with E-state index in [-0.39, 0.29) is 0 Å². The maximum absolute atomic E-state index is 11.0. The predicted octanol–water partition coefficient (Wildman–Crippen LogP) is 3.31. The van der Waals surface area contributed by atoms with Crippen molar-refractivity contribution < 1.29 is 4.79 Å². The van der Waals surface area contributed by atoms with Crippen molar-refractivity contribution in [3.8, 4) is 11.4 Å². The lowest BCUT2D eigenvalue weighted by molar-refractivity contribution is 0.112. The quantitative estimate of drug-likeness (QED) is 0.739. The summed E-state index contributed by atoms with van der Waals surface area (Å²) in [7, 11) is 0. The van der Waals surface area contributed by atoms with Crippen molar-refractivity contribution in [2.75, 3.05) is 0 Å². The van der Waals surface area contributed by atoms with Gasteiger partial charge in [0.25, 0.3) is 0 Å². The van der Waals surface area contributed by atoms with Crippen LogP contribution in [0.2, 0.25) is 0 Å². The fourth-order valence-electron chi connectivity index (χ4n) is 2.35. The molecule has 0 spiro atoms. The summed E-state index contributed by atoms with van der Waals surface area (Å²) in [6.07, 6.45) is 3.51. The first-order valence-electron chi connectivity index (χ1n) is 6.63. The number of carbonyl (C=O) groups is 1. The molecule has 0 bridgehead atoms. The summed E-state index contributed by atoms with van der Waals surface area (Å²) in [6, 6.07) is 8.24. The molecule has 0 saturated heterocycles. The summed E-state index contributed by atoms with van der Waals surface area (Å²) in [5, 5.41) is 0.800. The third-order valence-corrected chi connectivity index (χ3v) is 3.49. The third-order valence-electron chi connectivity index (χ3n) is 3.49. The molecule has 0 fully saturated rings. The van der Waals surface area contributed by atoms with E-state index >= 15 is 0 Å². The SMILES string of the molecule is CCc1ccc(-c2nc(C)c3c(C=O)c[nH]c3n2)cc1. The van der Waals surface area contributed by atoms with E-state index in [1.165, 1.54) is 5.56 Å². The first kappa shape index (κ1) is 12.5. The van der Waals surface area contributed by atoms with Crippen LogP contribution in [0.5, 0.6) is 0 Å². The lowest BCUT2D eigenvalue weighted by Crippen LogP contribution is -1.94. The molecule has 4 nitrogen and oxygen atoms in total. The summed E-state index contributed by atoms with van der Waals surface area (Å²) < 4.78 is 0. The number of rotatable bonds is 3. The Morgan fingerprint density at radius 3 is 2.60 bits per heavy atom. The second-order valence-electron chi connectivity index (χ2n) is 4.77. The van der Waals surface area contributed by atoms with E-state index < -0.39 is 0 Å². The Kier molecular flexibility index (Phi) is 3.06. The summed E-state index contributed by atoms with van der Waals surface area (Å²) in [5.41, 5.74) is 4.39. The predicted molar refractivity (Wildman–Crippen MR) is 78.8 cm³/mol. The van der Waals surface area contributed by atoms with Crippen molar-refractivity contribution in [2.24, 2.45) is 0 Å². The smallest absolute Gasteiger partial charge is 0.161 e. The van der Waals surface area contributed by atoms with E-state index in [1.54, 1.807) is 6.20 Å². The first-order valence-corrected chi connectivity index (χ1v) is 6.63. The minimum Gasteiger partial charge on any atom is -0.345 e. The molecule has 0 radical (unpaired) electrons. The highest BCUT2D eigenvalue weighted by Gasteiger charge is 2.11. The molecule has 1 N–H and O–H groups in total. The Hall–Kier alpha value is -2.49. The molecule has 0 unspecified atom stereocenters. The van der Waals surface area contributed by atoms with Crippen molar-refractivity contribution in [3.63, 3.8) is 0 Å². The molecule has 3 rings (SSSR count). The van der Waals surface area contributed by atoms with E-state index in [0.29, 0.717) is 17.0 Å². The van der Waals surface area contributed by atoms with Gasteiger partial charge in [-0.1, -0.05) is 31.2 Å². The van der Waals surface area contributed by atoms with Gasteiger partial charge in [-0.15, -0.1) is 0 Å². The second-order valence-corrected chi connectivity index (χ2v) is 4.77. The standard InChI is InChI=1S/C16H15N3O/c1-3-11-4-6-12(7-5-11)15-18-10(2)14-13(9-20)8-17-16(14)19-15/h4-9H,3H2,1-2H3,(H,17,18,19). The fourth-order valence-corrected chi connectivity index (χ4v) is 2.35. The number of hydrogen-bond donors (Lipinski definition) is 1. The first-order chi connectivity index (χ1) is 9.72. The van der Waals surface area contributed by atoms with Crippen LogP contribution < -0.4 is 0 Å². The van der Waals surface area contributed by atoms with Gasteiger partial charge < -0.3 is 4.98 Å². The van der Waals surface area contributed by atoms with Crippen molar-refractivity contribution in [1.82, 2.24) is 15.0 Å². The largest absolute Gasteiger partial charge is 0.345 e. The number of aromatic amines is 1. The molecule has 0 atom stereocenters. The van der Waals surface area contributed by atoms with Crippen LogP contribution in [0.15, 0.2) is 30.5 Å². The second kappa shape index (κ2) is 4.89. The van der Waals surface area contributed by atoms with Crippen molar-refractivity contribution in [2.45, 2.75) is 20.3 Å². The topological polar surface area (TPSA) is 58.6 Å². The molecular formula is C16H15N3O. The van der Waals surface area contributed by atoms with Crippen molar-refractivity contribution >= 4 is 17.3 Å². The zero-order chi connectivity index (χ0) is 14.1. The Balaban J connectivity index is 2.14. The minimum absolute atomic E-state index is 0.602. The minimum atomic E-state index is 0.602. The van der Waals surface area contributed by atoms with Crippen LogP contribution in [0, 0.1) is 6.92 Å². The number of fused-ring (bicyclic) bond motifs is 1. The molecule has 0 aliphatic heterocycles. The molecule has 2 heterocycles. The summed E-state index contributed by atoms with van der Waals surface area (Å²) in [5.74, 6) is 0.678.